The van der Waals surface area contributed by atoms with E-state index in [0.717, 1.165) is 69.8 Å². The second kappa shape index (κ2) is 8.72. The van der Waals surface area contributed by atoms with E-state index in [2.05, 4.69) is 4.98 Å². The molecular weight excluding hydrogens is 316 g/mol. The van der Waals surface area contributed by atoms with Gasteiger partial charge < -0.3 is 16.2 Å². The maximum Gasteiger partial charge on any atom is 0.252 e. The molecule has 1 amide bonds. The van der Waals surface area contributed by atoms with Gasteiger partial charge in [0.1, 0.15) is 5.82 Å². The molecule has 138 valence electrons. The molecule has 0 spiro atoms. The standard InChI is InChI=1S/C19H30N4O2/c20-11-15-3-1-13(2-4-15)9-17-16(19(21)24)12-22-18(23-17)10-14-5-7-25-8-6-14/h12-15H,1-11,20H2,(H2,21,24). The minimum absolute atomic E-state index is 0.428. The summed E-state index contributed by atoms with van der Waals surface area (Å²) in [6.07, 6.45) is 10.1. The van der Waals surface area contributed by atoms with Crippen molar-refractivity contribution in [2.45, 2.75) is 51.4 Å². The molecule has 0 unspecified atom stereocenters. The van der Waals surface area contributed by atoms with Crippen molar-refractivity contribution >= 4 is 5.91 Å². The Kier molecular flexibility index (Phi) is 6.37. The van der Waals surface area contributed by atoms with Gasteiger partial charge >= 0.3 is 0 Å². The van der Waals surface area contributed by atoms with Gasteiger partial charge in [-0.3, -0.25) is 4.79 Å². The van der Waals surface area contributed by atoms with E-state index in [9.17, 15) is 4.79 Å². The normalized spacial score (nSPS) is 25.0. The van der Waals surface area contributed by atoms with Crippen molar-refractivity contribution in [2.75, 3.05) is 19.8 Å². The van der Waals surface area contributed by atoms with Crippen LogP contribution in [0.4, 0.5) is 0 Å². The fraction of sp³-hybridized carbons (Fsp3) is 0.737. The predicted molar refractivity (Wildman–Crippen MR) is 96.0 cm³/mol. The van der Waals surface area contributed by atoms with Crippen LogP contribution in [0.2, 0.25) is 0 Å². The second-order valence-corrected chi connectivity index (χ2v) is 7.60. The summed E-state index contributed by atoms with van der Waals surface area (Å²) in [5, 5.41) is 0. The van der Waals surface area contributed by atoms with Crippen molar-refractivity contribution in [3.8, 4) is 0 Å². The summed E-state index contributed by atoms with van der Waals surface area (Å²) in [7, 11) is 0. The lowest BCUT2D eigenvalue weighted by molar-refractivity contribution is 0.0659. The number of hydrogen-bond acceptors (Lipinski definition) is 5. The van der Waals surface area contributed by atoms with Gasteiger partial charge in [0, 0.05) is 25.8 Å². The molecule has 0 radical (unpaired) electrons. The van der Waals surface area contributed by atoms with Gasteiger partial charge in [-0.15, -0.1) is 0 Å². The summed E-state index contributed by atoms with van der Waals surface area (Å²) < 4.78 is 5.42. The molecule has 1 aromatic rings. The summed E-state index contributed by atoms with van der Waals surface area (Å²) >= 11 is 0. The minimum Gasteiger partial charge on any atom is -0.381 e. The molecule has 2 heterocycles. The molecule has 3 rings (SSSR count). The van der Waals surface area contributed by atoms with Crippen LogP contribution in [0.5, 0.6) is 0 Å². The zero-order valence-corrected chi connectivity index (χ0v) is 15.0. The molecule has 6 nitrogen and oxygen atoms in total. The number of nitrogens with zero attached hydrogens (tertiary/aromatic N) is 2. The van der Waals surface area contributed by atoms with E-state index in [1.165, 1.54) is 12.8 Å². The Hall–Kier alpha value is -1.53. The Morgan fingerprint density at radius 3 is 2.32 bits per heavy atom. The number of hydrogen-bond donors (Lipinski definition) is 2. The first-order valence-electron chi connectivity index (χ1n) is 9.58. The molecule has 25 heavy (non-hydrogen) atoms. The molecule has 0 bridgehead atoms. The summed E-state index contributed by atoms with van der Waals surface area (Å²) in [4.78, 5) is 20.9. The molecule has 1 aliphatic carbocycles. The van der Waals surface area contributed by atoms with E-state index in [1.807, 2.05) is 0 Å². The maximum atomic E-state index is 11.8. The molecule has 2 aliphatic rings. The third kappa shape index (κ3) is 4.98. The van der Waals surface area contributed by atoms with E-state index in [1.54, 1.807) is 6.20 Å². The maximum absolute atomic E-state index is 11.8. The number of aromatic nitrogens is 2. The lowest BCUT2D eigenvalue weighted by atomic mass is 9.79. The van der Waals surface area contributed by atoms with Gasteiger partial charge in [-0.05, 0) is 69.2 Å². The van der Waals surface area contributed by atoms with Crippen LogP contribution in [0.15, 0.2) is 6.20 Å². The highest BCUT2D eigenvalue weighted by Crippen LogP contribution is 2.31. The van der Waals surface area contributed by atoms with E-state index in [-0.39, 0.29) is 0 Å². The van der Waals surface area contributed by atoms with Crippen molar-refractivity contribution in [3.05, 3.63) is 23.3 Å². The van der Waals surface area contributed by atoms with Gasteiger partial charge in [0.25, 0.3) is 5.91 Å². The van der Waals surface area contributed by atoms with Gasteiger partial charge in [0.2, 0.25) is 0 Å². The molecule has 0 atom stereocenters. The summed E-state index contributed by atoms with van der Waals surface area (Å²) in [6.45, 7) is 2.42. The van der Waals surface area contributed by atoms with E-state index < -0.39 is 5.91 Å². The highest BCUT2D eigenvalue weighted by atomic mass is 16.5. The molecule has 1 saturated carbocycles. The lowest BCUT2D eigenvalue weighted by Gasteiger charge is -2.28. The number of amides is 1. The van der Waals surface area contributed by atoms with Crippen LogP contribution in [0.1, 0.15) is 60.4 Å². The Morgan fingerprint density at radius 2 is 1.68 bits per heavy atom. The van der Waals surface area contributed by atoms with Crippen LogP contribution in [-0.2, 0) is 17.6 Å². The topological polar surface area (TPSA) is 104 Å². The largest absolute Gasteiger partial charge is 0.381 e. The summed E-state index contributed by atoms with van der Waals surface area (Å²) in [5.41, 5.74) is 12.6. The van der Waals surface area contributed by atoms with Gasteiger partial charge in [-0.25, -0.2) is 9.97 Å². The van der Waals surface area contributed by atoms with Gasteiger partial charge in [0.05, 0.1) is 11.3 Å². The van der Waals surface area contributed by atoms with Gasteiger partial charge in [-0.2, -0.15) is 0 Å². The predicted octanol–water partition coefficient (Wildman–Crippen LogP) is 1.85. The Morgan fingerprint density at radius 1 is 1.04 bits per heavy atom. The first-order valence-corrected chi connectivity index (χ1v) is 9.58. The number of nitrogens with two attached hydrogens (primary N) is 2. The minimum atomic E-state index is -0.428. The summed E-state index contributed by atoms with van der Waals surface area (Å²) in [6, 6.07) is 0. The quantitative estimate of drug-likeness (QED) is 0.818. The first-order chi connectivity index (χ1) is 12.2. The first kappa shape index (κ1) is 18.3. The highest BCUT2D eigenvalue weighted by Gasteiger charge is 2.24. The van der Waals surface area contributed by atoms with E-state index >= 15 is 0 Å². The SMILES string of the molecule is NCC1CCC(Cc2nc(CC3CCOCC3)ncc2C(N)=O)CC1. The third-order valence-electron chi connectivity index (χ3n) is 5.78. The van der Waals surface area contributed by atoms with Crippen molar-refractivity contribution in [3.63, 3.8) is 0 Å². The Balaban J connectivity index is 1.69. The number of ether oxygens (including phenoxy) is 1. The van der Waals surface area contributed by atoms with Crippen molar-refractivity contribution in [2.24, 2.45) is 29.2 Å². The van der Waals surface area contributed by atoms with Crippen LogP contribution >= 0.6 is 0 Å². The average molecular weight is 346 g/mol. The molecule has 4 N–H and O–H groups in total. The van der Waals surface area contributed by atoms with Gasteiger partial charge in [0.15, 0.2) is 0 Å². The van der Waals surface area contributed by atoms with Crippen molar-refractivity contribution in [1.29, 1.82) is 0 Å². The highest BCUT2D eigenvalue weighted by molar-refractivity contribution is 5.93. The average Bonchev–Trinajstić information content (AvgIpc) is 2.63. The molecular formula is C19H30N4O2. The molecule has 1 aliphatic heterocycles. The molecule has 1 saturated heterocycles. The van der Waals surface area contributed by atoms with E-state index in [0.29, 0.717) is 23.3 Å². The molecule has 2 fully saturated rings. The van der Waals surface area contributed by atoms with Crippen molar-refractivity contribution in [1.82, 2.24) is 9.97 Å². The van der Waals surface area contributed by atoms with Crippen LogP contribution in [0.3, 0.4) is 0 Å². The van der Waals surface area contributed by atoms with E-state index in [4.69, 9.17) is 21.2 Å². The molecule has 6 heteroatoms. The van der Waals surface area contributed by atoms with Gasteiger partial charge in [-0.1, -0.05) is 0 Å². The third-order valence-corrected chi connectivity index (χ3v) is 5.78. The van der Waals surface area contributed by atoms with Crippen molar-refractivity contribution < 1.29 is 9.53 Å². The summed E-state index contributed by atoms with van der Waals surface area (Å²) in [5.74, 6) is 2.19. The number of primary amides is 1. The molecule has 1 aromatic heterocycles. The Labute approximate surface area is 149 Å². The van der Waals surface area contributed by atoms with Crippen LogP contribution in [0.25, 0.3) is 0 Å². The fourth-order valence-corrected chi connectivity index (χ4v) is 4.07. The molecule has 0 aromatic carbocycles. The Bertz CT molecular complexity index is 579. The van der Waals surface area contributed by atoms with Crippen LogP contribution in [-0.4, -0.2) is 35.6 Å². The number of rotatable bonds is 6. The van der Waals surface area contributed by atoms with Crippen LogP contribution < -0.4 is 11.5 Å². The second-order valence-electron chi connectivity index (χ2n) is 7.60. The number of carbonyl (C=O) groups excluding carboxylic acids is 1. The number of carbonyl (C=O) groups is 1. The smallest absolute Gasteiger partial charge is 0.252 e. The zero-order chi connectivity index (χ0) is 17.6. The van der Waals surface area contributed by atoms with Crippen LogP contribution in [0, 0.1) is 17.8 Å². The monoisotopic (exact) mass is 346 g/mol. The zero-order valence-electron chi connectivity index (χ0n) is 15.0. The lowest BCUT2D eigenvalue weighted by Crippen LogP contribution is -2.24. The fourth-order valence-electron chi connectivity index (χ4n) is 4.07.